The zero-order valence-electron chi connectivity index (χ0n) is 11.9. The molecule has 2 aromatic rings. The van der Waals surface area contributed by atoms with Gasteiger partial charge in [0.1, 0.15) is 0 Å². The zero-order valence-corrected chi connectivity index (χ0v) is 12.8. The molecule has 0 aliphatic heterocycles. The molecule has 108 valence electrons. The predicted molar refractivity (Wildman–Crippen MR) is 79.9 cm³/mol. The van der Waals surface area contributed by atoms with Crippen molar-refractivity contribution in [3.05, 3.63) is 45.7 Å². The second-order valence-electron chi connectivity index (χ2n) is 4.53. The van der Waals surface area contributed by atoms with Crippen LogP contribution in [0.15, 0.2) is 24.4 Å². The van der Waals surface area contributed by atoms with Crippen LogP contribution in [0.5, 0.6) is 5.75 Å². The summed E-state index contributed by atoms with van der Waals surface area (Å²) in [5, 5.41) is 4.36. The Morgan fingerprint density at radius 3 is 2.85 bits per heavy atom. The van der Waals surface area contributed by atoms with Gasteiger partial charge in [-0.25, -0.2) is 9.37 Å². The number of halogens is 1. The molecule has 0 saturated carbocycles. The molecule has 2 rings (SSSR count). The summed E-state index contributed by atoms with van der Waals surface area (Å²) in [4.78, 5) is 5.28. The summed E-state index contributed by atoms with van der Waals surface area (Å²) in [5.74, 6) is -0.0401. The van der Waals surface area contributed by atoms with E-state index >= 15 is 0 Å². The Morgan fingerprint density at radius 1 is 1.45 bits per heavy atom. The first-order valence-electron chi connectivity index (χ1n) is 6.65. The third-order valence-electron chi connectivity index (χ3n) is 3.05. The molecule has 1 N–H and O–H groups in total. The van der Waals surface area contributed by atoms with Gasteiger partial charge in [-0.2, -0.15) is 0 Å². The van der Waals surface area contributed by atoms with Crippen molar-refractivity contribution in [3.8, 4) is 5.75 Å². The molecule has 0 radical (unpaired) electrons. The molecule has 0 fully saturated rings. The van der Waals surface area contributed by atoms with E-state index < -0.39 is 0 Å². The summed E-state index contributed by atoms with van der Waals surface area (Å²) in [6.45, 7) is 4.86. The van der Waals surface area contributed by atoms with E-state index in [1.165, 1.54) is 7.11 Å². The molecule has 0 aliphatic rings. The highest BCUT2D eigenvalue weighted by Gasteiger charge is 2.21. The fourth-order valence-corrected chi connectivity index (χ4v) is 2.95. The highest BCUT2D eigenvalue weighted by Crippen LogP contribution is 2.31. The quantitative estimate of drug-likeness (QED) is 0.882. The molecule has 1 atom stereocenters. The van der Waals surface area contributed by atoms with Gasteiger partial charge in [-0.3, -0.25) is 0 Å². The van der Waals surface area contributed by atoms with Crippen molar-refractivity contribution in [2.75, 3.05) is 13.7 Å². The Balaban J connectivity index is 2.41. The van der Waals surface area contributed by atoms with Gasteiger partial charge in [-0.15, -0.1) is 11.3 Å². The van der Waals surface area contributed by atoms with Crippen LogP contribution in [0.1, 0.15) is 34.8 Å². The number of methoxy groups -OCH3 is 1. The first kappa shape index (κ1) is 14.9. The van der Waals surface area contributed by atoms with Crippen molar-refractivity contribution in [2.24, 2.45) is 0 Å². The molecule has 1 heterocycles. The molecule has 1 aromatic carbocycles. The minimum absolute atomic E-state index is 0.184. The van der Waals surface area contributed by atoms with Crippen LogP contribution in [0.2, 0.25) is 0 Å². The van der Waals surface area contributed by atoms with Crippen LogP contribution in [0.4, 0.5) is 4.39 Å². The molecule has 0 aliphatic carbocycles. The Labute approximate surface area is 122 Å². The van der Waals surface area contributed by atoms with E-state index in [0.29, 0.717) is 5.56 Å². The summed E-state index contributed by atoms with van der Waals surface area (Å²) >= 11 is 1.58. The number of ether oxygens (including phenoxy) is 1. The van der Waals surface area contributed by atoms with Gasteiger partial charge < -0.3 is 10.1 Å². The normalized spacial score (nSPS) is 12.4. The predicted octanol–water partition coefficient (Wildman–Crippen LogP) is 3.69. The van der Waals surface area contributed by atoms with Gasteiger partial charge in [0.05, 0.1) is 18.2 Å². The maximum atomic E-state index is 14.5. The summed E-state index contributed by atoms with van der Waals surface area (Å²) in [6.07, 6.45) is 2.80. The number of nitrogens with one attached hydrogen (secondary N) is 1. The first-order valence-corrected chi connectivity index (χ1v) is 7.47. The van der Waals surface area contributed by atoms with Crippen LogP contribution < -0.4 is 10.1 Å². The Kier molecular flexibility index (Phi) is 5.09. The molecule has 5 heteroatoms. The average molecular weight is 294 g/mol. The van der Waals surface area contributed by atoms with Crippen LogP contribution in [0, 0.1) is 12.7 Å². The fourth-order valence-electron chi connectivity index (χ4n) is 2.07. The van der Waals surface area contributed by atoms with E-state index in [9.17, 15) is 4.39 Å². The van der Waals surface area contributed by atoms with Crippen molar-refractivity contribution in [1.29, 1.82) is 0 Å². The molecule has 1 aromatic heterocycles. The number of hydrogen-bond acceptors (Lipinski definition) is 4. The van der Waals surface area contributed by atoms with Crippen molar-refractivity contribution in [2.45, 2.75) is 26.3 Å². The van der Waals surface area contributed by atoms with Gasteiger partial charge in [0.25, 0.3) is 0 Å². The second kappa shape index (κ2) is 6.81. The molecule has 0 saturated heterocycles. The molecule has 20 heavy (non-hydrogen) atoms. The van der Waals surface area contributed by atoms with Crippen molar-refractivity contribution < 1.29 is 9.13 Å². The van der Waals surface area contributed by atoms with Crippen LogP contribution in [-0.2, 0) is 0 Å². The van der Waals surface area contributed by atoms with Crippen LogP contribution in [0.25, 0.3) is 0 Å². The van der Waals surface area contributed by atoms with E-state index in [4.69, 9.17) is 4.74 Å². The van der Waals surface area contributed by atoms with Crippen LogP contribution >= 0.6 is 11.3 Å². The highest BCUT2D eigenvalue weighted by molar-refractivity contribution is 7.11. The number of benzene rings is 1. The average Bonchev–Trinajstić information content (AvgIpc) is 2.87. The smallest absolute Gasteiger partial charge is 0.170 e. The zero-order chi connectivity index (χ0) is 14.5. The molecule has 1 unspecified atom stereocenters. The standard InChI is InChI=1S/C15H19FN2OS/c1-4-8-17-15(13-9-18-10(2)20-13)11-6-5-7-12(19-3)14(11)16/h5-7,9,15,17H,4,8H2,1-3H3. The third-order valence-corrected chi connectivity index (χ3v) is 4.02. The van der Waals surface area contributed by atoms with Crippen molar-refractivity contribution >= 4 is 11.3 Å². The Bertz CT molecular complexity index is 571. The molecule has 0 bridgehead atoms. The minimum Gasteiger partial charge on any atom is -0.494 e. The van der Waals surface area contributed by atoms with Gasteiger partial charge >= 0.3 is 0 Å². The molecule has 0 amide bonds. The van der Waals surface area contributed by atoms with Gasteiger partial charge in [-0.05, 0) is 26.0 Å². The lowest BCUT2D eigenvalue weighted by Gasteiger charge is -2.19. The number of thiazole rings is 1. The van der Waals surface area contributed by atoms with E-state index in [0.717, 1.165) is 22.9 Å². The number of nitrogens with zero attached hydrogens (tertiary/aromatic N) is 1. The summed E-state index contributed by atoms with van der Waals surface area (Å²) in [6, 6.07) is 5.05. The van der Waals surface area contributed by atoms with Crippen LogP contribution in [0.3, 0.4) is 0 Å². The molecular formula is C15H19FN2OS. The fraction of sp³-hybridized carbons (Fsp3) is 0.400. The maximum Gasteiger partial charge on any atom is 0.170 e. The minimum atomic E-state index is -0.311. The van der Waals surface area contributed by atoms with Crippen molar-refractivity contribution in [3.63, 3.8) is 0 Å². The number of aromatic nitrogens is 1. The third kappa shape index (κ3) is 3.16. The van der Waals surface area contributed by atoms with Crippen LogP contribution in [-0.4, -0.2) is 18.6 Å². The topological polar surface area (TPSA) is 34.2 Å². The molecular weight excluding hydrogens is 275 g/mol. The van der Waals surface area contributed by atoms with Gasteiger partial charge in [0.15, 0.2) is 11.6 Å². The Hall–Kier alpha value is -1.46. The van der Waals surface area contributed by atoms with E-state index in [1.807, 2.05) is 19.2 Å². The summed E-state index contributed by atoms with van der Waals surface area (Å²) in [5.41, 5.74) is 0.599. The SMILES string of the molecule is CCCNC(c1cnc(C)s1)c1cccc(OC)c1F. The monoisotopic (exact) mass is 294 g/mol. The number of hydrogen-bond donors (Lipinski definition) is 1. The van der Waals surface area contributed by atoms with E-state index in [-0.39, 0.29) is 17.6 Å². The lowest BCUT2D eigenvalue weighted by molar-refractivity contribution is 0.381. The summed E-state index contributed by atoms with van der Waals surface area (Å²) in [7, 11) is 1.48. The lowest BCUT2D eigenvalue weighted by Crippen LogP contribution is -2.23. The van der Waals surface area contributed by atoms with E-state index in [1.54, 1.807) is 23.5 Å². The summed E-state index contributed by atoms with van der Waals surface area (Å²) < 4.78 is 19.5. The molecule has 0 spiro atoms. The van der Waals surface area contributed by atoms with E-state index in [2.05, 4.69) is 17.2 Å². The lowest BCUT2D eigenvalue weighted by atomic mass is 10.0. The van der Waals surface area contributed by atoms with Crippen molar-refractivity contribution in [1.82, 2.24) is 10.3 Å². The molecule has 3 nitrogen and oxygen atoms in total. The Morgan fingerprint density at radius 2 is 2.25 bits per heavy atom. The highest BCUT2D eigenvalue weighted by atomic mass is 32.1. The largest absolute Gasteiger partial charge is 0.494 e. The van der Waals surface area contributed by atoms with Gasteiger partial charge in [0.2, 0.25) is 0 Å². The van der Waals surface area contributed by atoms with Gasteiger partial charge in [-0.1, -0.05) is 19.1 Å². The maximum absolute atomic E-state index is 14.5. The number of rotatable bonds is 6. The second-order valence-corrected chi connectivity index (χ2v) is 5.80. The van der Waals surface area contributed by atoms with Gasteiger partial charge in [0, 0.05) is 16.6 Å². The first-order chi connectivity index (χ1) is 9.67. The number of aryl methyl sites for hydroxylation is 1.